The fourth-order valence-electron chi connectivity index (χ4n) is 6.55. The predicted octanol–water partition coefficient (Wildman–Crippen LogP) is 8.53. The van der Waals surface area contributed by atoms with Crippen molar-refractivity contribution in [2.75, 3.05) is 0 Å². The number of phenols is 1. The van der Waals surface area contributed by atoms with Crippen molar-refractivity contribution < 1.29 is 92.9 Å². The topological polar surface area (TPSA) is 20.2 Å². The van der Waals surface area contributed by atoms with Crippen LogP contribution in [0, 0.1) is 116 Å². The van der Waals surface area contributed by atoms with Crippen molar-refractivity contribution in [1.29, 1.82) is 0 Å². The molecule has 0 amide bonds. The molecule has 0 aliphatic carbocycles. The van der Waals surface area contributed by atoms with Crippen LogP contribution in [0.3, 0.4) is 0 Å². The molecule has 0 aliphatic rings. The Morgan fingerprint density at radius 2 is 0.574 bits per heavy atom. The first-order valence-corrected chi connectivity index (χ1v) is 16.8. The Morgan fingerprint density at radius 3 is 0.820 bits per heavy atom. The summed E-state index contributed by atoms with van der Waals surface area (Å²) < 4.78 is 294. The maximum Gasteiger partial charge on any atom is 0.200 e. The smallest absolute Gasteiger partial charge is 0.200 e. The molecule has 6 rings (SSSR count). The first kappa shape index (κ1) is 46.2. The van der Waals surface area contributed by atoms with Crippen LogP contribution in [0.5, 0.6) is 5.75 Å². The quantitative estimate of drug-likeness (QED) is 0.0561. The van der Waals surface area contributed by atoms with E-state index in [1.807, 2.05) is 30.3 Å². The van der Waals surface area contributed by atoms with Crippen molar-refractivity contribution in [2.24, 2.45) is 0 Å². The van der Waals surface area contributed by atoms with Gasteiger partial charge in [-0.15, -0.1) is 21.9 Å². The van der Waals surface area contributed by atoms with E-state index in [1.165, 1.54) is 11.1 Å². The number of rotatable bonds is 7. The summed E-state index contributed by atoms with van der Waals surface area (Å²) in [6.07, 6.45) is -6.30. The average Bonchev–Trinajstić information content (AvgIpc) is 3.24. The summed E-state index contributed by atoms with van der Waals surface area (Å²) in [5.74, 6) is -71.1. The fourth-order valence-corrected chi connectivity index (χ4v) is 6.97. The van der Waals surface area contributed by atoms with Gasteiger partial charge >= 0.3 is 0 Å². The third-order valence-corrected chi connectivity index (χ3v) is 9.82. The van der Waals surface area contributed by atoms with Gasteiger partial charge in [0.05, 0.1) is 0 Å². The third-order valence-electron chi connectivity index (χ3n) is 9.29. The molecule has 1 unspecified atom stereocenters. The van der Waals surface area contributed by atoms with Gasteiger partial charge in [0, 0.05) is 12.0 Å². The van der Waals surface area contributed by atoms with Gasteiger partial charge in [-0.05, 0) is 30.3 Å². The average molecular weight is 910 g/mol. The molecule has 322 valence electrons. The van der Waals surface area contributed by atoms with E-state index in [0.717, 1.165) is 6.42 Å². The summed E-state index contributed by atoms with van der Waals surface area (Å²) in [5, 5.41) is 9.51. The number of hydrogen-bond donors (Lipinski definition) is 1. The highest BCUT2D eigenvalue weighted by molar-refractivity contribution is 7.59. The van der Waals surface area contributed by atoms with Gasteiger partial charge in [-0.3, -0.25) is 0 Å². The molecular weight excluding hydrogens is 895 g/mol. The fraction of sp³-hybridized carbons (Fsp3) is 0.0526. The lowest BCUT2D eigenvalue weighted by atomic mass is 9.12. The van der Waals surface area contributed by atoms with E-state index < -0.39 is 144 Å². The van der Waals surface area contributed by atoms with Gasteiger partial charge in [-0.1, -0.05) is 42.5 Å². The number of aromatic hydroxyl groups is 1. The zero-order chi connectivity index (χ0) is 45.7. The van der Waals surface area contributed by atoms with Crippen molar-refractivity contribution in [3.05, 3.63) is 182 Å². The van der Waals surface area contributed by atoms with Crippen molar-refractivity contribution in [1.82, 2.24) is 0 Å². The van der Waals surface area contributed by atoms with Gasteiger partial charge in [0.25, 0.3) is 0 Å². The number of halogens is 20. The summed E-state index contributed by atoms with van der Waals surface area (Å²) in [5.41, 5.74) is -11.8. The second kappa shape index (κ2) is 17.2. The molecule has 0 aliphatic heterocycles. The second-order valence-corrected chi connectivity index (χ2v) is 13.3. The molecule has 1 N–H and O–H groups in total. The summed E-state index contributed by atoms with van der Waals surface area (Å²) in [4.78, 5) is 0. The van der Waals surface area contributed by atoms with Crippen LogP contribution in [0.1, 0.15) is 16.4 Å². The lowest BCUT2D eigenvalue weighted by molar-refractivity contribution is 0.378. The molecule has 6 aromatic carbocycles. The molecule has 0 radical (unpaired) electrons. The first-order valence-electron chi connectivity index (χ1n) is 16.2. The van der Waals surface area contributed by atoms with Crippen molar-refractivity contribution in [3.63, 3.8) is 0 Å². The molecule has 23 heteroatoms. The summed E-state index contributed by atoms with van der Waals surface area (Å²) in [6, 6.07) is 17.7. The molecule has 0 saturated carbocycles. The number of phenolic OH excluding ortho intramolecular Hbond substituents is 1. The van der Waals surface area contributed by atoms with Crippen molar-refractivity contribution >= 4 is 40.6 Å². The van der Waals surface area contributed by atoms with Crippen LogP contribution in [-0.2, 0) is 19.0 Å². The van der Waals surface area contributed by atoms with Crippen LogP contribution in [0.25, 0.3) is 0 Å². The lowest BCUT2D eigenvalue weighted by Crippen LogP contribution is -2.81. The predicted molar refractivity (Wildman–Crippen MR) is 180 cm³/mol. The van der Waals surface area contributed by atoms with E-state index in [4.69, 9.17) is 0 Å². The normalized spacial score (nSPS) is 12.1. The zero-order valence-corrected chi connectivity index (χ0v) is 30.1. The highest BCUT2D eigenvalue weighted by Gasteiger charge is 2.52. The second-order valence-electron chi connectivity index (χ2n) is 12.6. The largest absolute Gasteiger partial charge is 0.508 e. The highest BCUT2D eigenvalue weighted by atomic mass is 32.1. The standard InChI is InChI=1S/C24BF20.C14H14OS/c26-5-1(6(27)14(35)21(42)13(5)34)25(2-7(28)15(36)22(43)16(37)8(2)29,3-9(30)17(38)23(44)18(39)10(3)31)4-11(32)19(40)24(45)20(41)12(4)33;15-13-8-6-11(7-9-13)10-14(16)12-4-2-1-3-5-12/h;1-9,14-16H,10H2/q-1;/p+1. The van der Waals surface area contributed by atoms with Crippen LogP contribution in [0.2, 0.25) is 0 Å². The van der Waals surface area contributed by atoms with E-state index in [2.05, 4.69) is 24.8 Å². The monoisotopic (exact) mass is 910 g/mol. The van der Waals surface area contributed by atoms with E-state index in [9.17, 15) is 57.8 Å². The Bertz CT molecular complexity index is 2310. The van der Waals surface area contributed by atoms with E-state index in [1.54, 1.807) is 12.1 Å². The zero-order valence-electron chi connectivity index (χ0n) is 29.1. The van der Waals surface area contributed by atoms with Crippen LogP contribution in [0.4, 0.5) is 87.8 Å². The van der Waals surface area contributed by atoms with Crippen LogP contribution in [-0.4, -0.2) is 11.3 Å². The lowest BCUT2D eigenvalue weighted by Gasteiger charge is -2.44. The maximum atomic E-state index is 15.4. The molecule has 0 aromatic heterocycles. The van der Waals surface area contributed by atoms with E-state index >= 15 is 35.1 Å². The van der Waals surface area contributed by atoms with Crippen LogP contribution < -0.4 is 21.9 Å². The minimum absolute atomic E-state index is 0.311. The van der Waals surface area contributed by atoms with Crippen LogP contribution >= 0.6 is 0 Å². The molecule has 0 heterocycles. The Balaban J connectivity index is 0.000000366. The molecule has 0 fully saturated rings. The maximum absolute atomic E-state index is 15.4. The van der Waals surface area contributed by atoms with Gasteiger partial charge in [0.1, 0.15) is 63.7 Å². The van der Waals surface area contributed by atoms with Gasteiger partial charge in [-0.2, -0.15) is 0 Å². The minimum Gasteiger partial charge on any atom is -0.508 e. The highest BCUT2D eigenvalue weighted by Crippen LogP contribution is 2.31. The summed E-state index contributed by atoms with van der Waals surface area (Å²) in [6.45, 7) is 0. The molecule has 6 aromatic rings. The Hall–Kier alpha value is -5.87. The van der Waals surface area contributed by atoms with E-state index in [0.29, 0.717) is 11.0 Å². The summed E-state index contributed by atoms with van der Waals surface area (Å²) >= 11 is 3.73. The SMILES string of the molecule is Fc1c(F)c(F)c([B-](c2c(F)c(F)c(F)c(F)c2F)(c2c(F)c(F)c(F)c(F)c2F)c2c(F)c(F)c(F)c(F)c2F)c(F)c1F.Oc1ccc(CC([SH2+])c2ccccc2)cc1. The Kier molecular flexibility index (Phi) is 13.1. The molecule has 61 heavy (non-hydrogen) atoms. The van der Waals surface area contributed by atoms with Crippen LogP contribution in [0.15, 0.2) is 54.6 Å². The van der Waals surface area contributed by atoms with Gasteiger partial charge < -0.3 is 5.11 Å². The molecular formula is C38H15BF20OS. The van der Waals surface area contributed by atoms with Gasteiger partial charge in [0.2, 0.25) is 0 Å². The third kappa shape index (κ3) is 7.49. The molecule has 0 saturated heterocycles. The first-order chi connectivity index (χ1) is 28.5. The number of hydrogen-bond acceptors (Lipinski definition) is 1. The molecule has 1 nitrogen and oxygen atoms in total. The van der Waals surface area contributed by atoms with Gasteiger partial charge in [-0.25, -0.2) is 87.8 Å². The van der Waals surface area contributed by atoms with Gasteiger partial charge in [0.15, 0.2) is 69.8 Å². The van der Waals surface area contributed by atoms with E-state index in [-0.39, 0.29) is 0 Å². The minimum atomic E-state index is -7.22. The summed E-state index contributed by atoms with van der Waals surface area (Å²) in [7, 11) is 0. The van der Waals surface area contributed by atoms with Crippen molar-refractivity contribution in [3.8, 4) is 5.75 Å². The Morgan fingerprint density at radius 1 is 0.344 bits per heavy atom. The Labute approximate surface area is 332 Å². The molecule has 0 spiro atoms. The van der Waals surface area contributed by atoms with Crippen molar-refractivity contribution in [2.45, 2.75) is 11.7 Å². The number of benzene rings is 6. The molecule has 0 bridgehead atoms. The molecule has 1 atom stereocenters.